The molecule has 0 atom stereocenters. The Balaban J connectivity index is 1.94. The largest absolute Gasteiger partial charge is 0.367 e. The standard InChI is InChI=1S/C19H12Cl2N2O2/c20-15-8-9-17(21)16(11-15)19(24)25-23-18(13-5-2-1-3-6-13)14-7-4-10-22-12-14/h1-12H. The van der Waals surface area contributed by atoms with Gasteiger partial charge in [-0.1, -0.05) is 58.7 Å². The van der Waals surface area contributed by atoms with Crippen molar-refractivity contribution in [1.82, 2.24) is 4.98 Å². The van der Waals surface area contributed by atoms with Gasteiger partial charge in [0.05, 0.1) is 10.6 Å². The van der Waals surface area contributed by atoms with Gasteiger partial charge < -0.3 is 4.84 Å². The fourth-order valence-electron chi connectivity index (χ4n) is 2.16. The molecule has 0 radical (unpaired) electrons. The van der Waals surface area contributed by atoms with E-state index in [0.717, 1.165) is 11.1 Å². The van der Waals surface area contributed by atoms with E-state index in [4.69, 9.17) is 28.0 Å². The van der Waals surface area contributed by atoms with Gasteiger partial charge in [0.15, 0.2) is 0 Å². The van der Waals surface area contributed by atoms with Crippen LogP contribution in [-0.4, -0.2) is 16.7 Å². The van der Waals surface area contributed by atoms with Gasteiger partial charge >= 0.3 is 5.97 Å². The molecule has 3 rings (SSSR count). The van der Waals surface area contributed by atoms with E-state index in [0.29, 0.717) is 10.7 Å². The maximum atomic E-state index is 12.3. The van der Waals surface area contributed by atoms with Crippen LogP contribution in [0.25, 0.3) is 0 Å². The molecule has 0 saturated carbocycles. The Morgan fingerprint density at radius 2 is 1.72 bits per heavy atom. The van der Waals surface area contributed by atoms with Crippen molar-refractivity contribution < 1.29 is 9.63 Å². The van der Waals surface area contributed by atoms with Crippen molar-refractivity contribution in [2.75, 3.05) is 0 Å². The first-order valence-electron chi connectivity index (χ1n) is 7.35. The molecule has 0 aliphatic rings. The Morgan fingerprint density at radius 1 is 0.960 bits per heavy atom. The fraction of sp³-hybridized carbons (Fsp3) is 0. The lowest BCUT2D eigenvalue weighted by atomic mass is 10.0. The van der Waals surface area contributed by atoms with Crippen LogP contribution in [0.4, 0.5) is 0 Å². The van der Waals surface area contributed by atoms with Gasteiger partial charge in [-0.25, -0.2) is 4.79 Å². The number of carbonyl (C=O) groups is 1. The Bertz CT molecular complexity index is 872. The minimum absolute atomic E-state index is 0.150. The van der Waals surface area contributed by atoms with Crippen LogP contribution in [0, 0.1) is 0 Å². The van der Waals surface area contributed by atoms with Crippen LogP contribution in [0.5, 0.6) is 0 Å². The van der Waals surface area contributed by atoms with Crippen LogP contribution in [0.1, 0.15) is 21.5 Å². The van der Waals surface area contributed by atoms with Crippen LogP contribution in [0.15, 0.2) is 78.2 Å². The lowest BCUT2D eigenvalue weighted by molar-refractivity contribution is 0.0517. The summed E-state index contributed by atoms with van der Waals surface area (Å²) >= 11 is 11.9. The average Bonchev–Trinajstić information content (AvgIpc) is 2.65. The zero-order chi connectivity index (χ0) is 17.6. The first-order valence-corrected chi connectivity index (χ1v) is 8.11. The monoisotopic (exact) mass is 370 g/mol. The van der Waals surface area contributed by atoms with Gasteiger partial charge in [-0.05, 0) is 30.3 Å². The number of nitrogens with zero attached hydrogens (tertiary/aromatic N) is 2. The van der Waals surface area contributed by atoms with Crippen LogP contribution >= 0.6 is 23.2 Å². The number of halogens is 2. The summed E-state index contributed by atoms with van der Waals surface area (Å²) in [5, 5.41) is 4.66. The number of pyridine rings is 1. The summed E-state index contributed by atoms with van der Waals surface area (Å²) in [5.41, 5.74) is 2.15. The Morgan fingerprint density at radius 3 is 2.44 bits per heavy atom. The third-order valence-electron chi connectivity index (χ3n) is 3.35. The molecule has 0 N–H and O–H groups in total. The predicted molar refractivity (Wildman–Crippen MR) is 98.2 cm³/mol. The summed E-state index contributed by atoms with van der Waals surface area (Å²) in [5.74, 6) is -0.690. The van der Waals surface area contributed by atoms with E-state index in [9.17, 15) is 4.79 Å². The molecule has 0 saturated heterocycles. The molecule has 0 unspecified atom stereocenters. The number of carbonyl (C=O) groups excluding carboxylic acids is 1. The van der Waals surface area contributed by atoms with Gasteiger partial charge in [-0.2, -0.15) is 0 Å². The molecule has 0 fully saturated rings. The summed E-state index contributed by atoms with van der Waals surface area (Å²) < 4.78 is 0. The number of hydrogen-bond donors (Lipinski definition) is 0. The maximum Gasteiger partial charge on any atom is 0.367 e. The minimum Gasteiger partial charge on any atom is -0.312 e. The van der Waals surface area contributed by atoms with E-state index in [-0.39, 0.29) is 10.6 Å². The highest BCUT2D eigenvalue weighted by molar-refractivity contribution is 6.35. The van der Waals surface area contributed by atoms with Gasteiger partial charge in [0.2, 0.25) is 0 Å². The normalized spacial score (nSPS) is 11.2. The molecule has 6 heteroatoms. The number of rotatable bonds is 4. The molecule has 0 aliphatic carbocycles. The van der Waals surface area contributed by atoms with Crippen molar-refractivity contribution in [3.05, 3.63) is 99.8 Å². The lowest BCUT2D eigenvalue weighted by Crippen LogP contribution is -2.08. The molecule has 0 amide bonds. The Labute approximate surface area is 154 Å². The average molecular weight is 371 g/mol. The first kappa shape index (κ1) is 17.1. The second-order valence-corrected chi connectivity index (χ2v) is 5.89. The van der Waals surface area contributed by atoms with E-state index < -0.39 is 5.97 Å². The zero-order valence-electron chi connectivity index (χ0n) is 12.9. The van der Waals surface area contributed by atoms with Crippen molar-refractivity contribution in [1.29, 1.82) is 0 Å². The highest BCUT2D eigenvalue weighted by Crippen LogP contribution is 2.21. The molecule has 0 bridgehead atoms. The van der Waals surface area contributed by atoms with Crippen molar-refractivity contribution in [3.63, 3.8) is 0 Å². The van der Waals surface area contributed by atoms with Crippen LogP contribution in [0.3, 0.4) is 0 Å². The number of hydrogen-bond acceptors (Lipinski definition) is 4. The Hall–Kier alpha value is -2.69. The van der Waals surface area contributed by atoms with Gasteiger partial charge in [0.1, 0.15) is 5.71 Å². The highest BCUT2D eigenvalue weighted by Gasteiger charge is 2.15. The lowest BCUT2D eigenvalue weighted by Gasteiger charge is -2.07. The molecule has 1 aromatic heterocycles. The van der Waals surface area contributed by atoms with Crippen LogP contribution in [0.2, 0.25) is 10.0 Å². The maximum absolute atomic E-state index is 12.3. The third kappa shape index (κ3) is 4.24. The molecule has 1 heterocycles. The van der Waals surface area contributed by atoms with Crippen molar-refractivity contribution in [2.45, 2.75) is 0 Å². The van der Waals surface area contributed by atoms with Gasteiger partial charge in [-0.15, -0.1) is 0 Å². The summed E-state index contributed by atoms with van der Waals surface area (Å²) in [6.07, 6.45) is 3.30. The van der Waals surface area contributed by atoms with Crippen molar-refractivity contribution >= 4 is 34.9 Å². The highest BCUT2D eigenvalue weighted by atomic mass is 35.5. The summed E-state index contributed by atoms with van der Waals surface area (Å²) in [6.45, 7) is 0. The fourth-order valence-corrected chi connectivity index (χ4v) is 2.53. The molecule has 2 aromatic carbocycles. The van der Waals surface area contributed by atoms with Crippen molar-refractivity contribution in [2.24, 2.45) is 5.16 Å². The first-order chi connectivity index (χ1) is 12.1. The number of aromatic nitrogens is 1. The van der Waals surface area contributed by atoms with E-state index in [1.54, 1.807) is 24.5 Å². The van der Waals surface area contributed by atoms with Crippen LogP contribution < -0.4 is 0 Å². The van der Waals surface area contributed by atoms with E-state index in [1.807, 2.05) is 36.4 Å². The van der Waals surface area contributed by atoms with Gasteiger partial charge in [-0.3, -0.25) is 4.98 Å². The number of benzene rings is 2. The van der Waals surface area contributed by atoms with E-state index in [1.165, 1.54) is 12.1 Å². The molecule has 0 spiro atoms. The zero-order valence-corrected chi connectivity index (χ0v) is 14.4. The molecule has 4 nitrogen and oxygen atoms in total. The summed E-state index contributed by atoms with van der Waals surface area (Å²) in [7, 11) is 0. The molecular formula is C19H12Cl2N2O2. The van der Waals surface area contributed by atoms with Crippen LogP contribution in [-0.2, 0) is 4.84 Å². The second kappa shape index (κ2) is 7.92. The summed E-state index contributed by atoms with van der Waals surface area (Å²) in [6, 6.07) is 17.5. The van der Waals surface area contributed by atoms with Gasteiger partial charge in [0.25, 0.3) is 0 Å². The van der Waals surface area contributed by atoms with E-state index in [2.05, 4.69) is 10.1 Å². The third-order valence-corrected chi connectivity index (χ3v) is 3.92. The molecular weight excluding hydrogens is 359 g/mol. The van der Waals surface area contributed by atoms with Gasteiger partial charge in [0, 0.05) is 28.5 Å². The van der Waals surface area contributed by atoms with E-state index >= 15 is 0 Å². The quantitative estimate of drug-likeness (QED) is 0.369. The number of oxime groups is 1. The smallest absolute Gasteiger partial charge is 0.312 e. The topological polar surface area (TPSA) is 51.5 Å². The molecule has 0 aliphatic heterocycles. The predicted octanol–water partition coefficient (Wildman–Crippen LogP) is 5.00. The minimum atomic E-state index is -0.690. The second-order valence-electron chi connectivity index (χ2n) is 5.05. The molecule has 25 heavy (non-hydrogen) atoms. The van der Waals surface area contributed by atoms with Crippen molar-refractivity contribution in [3.8, 4) is 0 Å². The molecule has 124 valence electrons. The molecule has 3 aromatic rings. The Kier molecular flexibility index (Phi) is 5.43. The summed E-state index contributed by atoms with van der Waals surface area (Å²) in [4.78, 5) is 21.5. The SMILES string of the molecule is O=C(ON=C(c1ccccc1)c1cccnc1)c1cc(Cl)ccc1Cl.